The van der Waals surface area contributed by atoms with Crippen LogP contribution in [0, 0.1) is 15.5 Å². The topological polar surface area (TPSA) is 188 Å². The molecule has 68 heavy (non-hydrogen) atoms. The number of pyridine rings is 1. The van der Waals surface area contributed by atoms with Crippen molar-refractivity contribution in [1.82, 2.24) is 24.5 Å². The number of carbonyl (C=O) groups excluding carboxylic acids is 1. The number of nitrogens with zero attached hydrogens (tertiary/aromatic N) is 6. The molecule has 10 rings (SSSR count). The molecular formula is C49H56ClN9O8S. The summed E-state index contributed by atoms with van der Waals surface area (Å²) < 4.78 is 47.5. The predicted octanol–water partition coefficient (Wildman–Crippen LogP) is 7.07. The molecule has 3 aromatic carbocycles. The van der Waals surface area contributed by atoms with Crippen molar-refractivity contribution in [3.05, 3.63) is 111 Å². The molecule has 19 heteroatoms. The lowest BCUT2D eigenvalue weighted by atomic mass is 9.72. The number of nitro groups is 1. The van der Waals surface area contributed by atoms with E-state index in [-0.39, 0.29) is 35.9 Å². The number of amides is 1. The summed E-state index contributed by atoms with van der Waals surface area (Å²) in [6.45, 7) is 12.9. The second-order valence-electron chi connectivity index (χ2n) is 19.1. The summed E-state index contributed by atoms with van der Waals surface area (Å²) in [4.78, 5) is 42.5. The third kappa shape index (κ3) is 9.75. The van der Waals surface area contributed by atoms with Crippen LogP contribution in [-0.2, 0) is 19.5 Å². The second-order valence-corrected chi connectivity index (χ2v) is 21.2. The Kier molecular flexibility index (Phi) is 12.8. The zero-order valence-electron chi connectivity index (χ0n) is 38.2. The molecule has 1 amide bonds. The lowest BCUT2D eigenvalue weighted by Gasteiger charge is -2.42. The first-order valence-electron chi connectivity index (χ1n) is 23.3. The Morgan fingerprint density at radius 2 is 1.78 bits per heavy atom. The molecule has 3 saturated heterocycles. The number of benzene rings is 3. The first-order valence-corrected chi connectivity index (χ1v) is 25.1. The van der Waals surface area contributed by atoms with Gasteiger partial charge in [-0.05, 0) is 90.4 Å². The largest absolute Gasteiger partial charge is 0.474 e. The first kappa shape index (κ1) is 46.0. The van der Waals surface area contributed by atoms with E-state index < -0.39 is 31.4 Å². The summed E-state index contributed by atoms with van der Waals surface area (Å²) in [7, 11) is -4.60. The fourth-order valence-corrected chi connectivity index (χ4v) is 11.1. The molecular weight excluding hydrogens is 910 g/mol. The van der Waals surface area contributed by atoms with E-state index in [2.05, 4.69) is 55.7 Å². The van der Waals surface area contributed by atoms with E-state index in [9.17, 15) is 23.3 Å². The van der Waals surface area contributed by atoms with E-state index in [1.165, 1.54) is 28.8 Å². The van der Waals surface area contributed by atoms with Crippen molar-refractivity contribution in [2.45, 2.75) is 50.2 Å². The molecule has 0 radical (unpaired) electrons. The number of hydrogen-bond acceptors (Lipinski definition) is 14. The van der Waals surface area contributed by atoms with Crippen LogP contribution in [0.2, 0.25) is 5.02 Å². The van der Waals surface area contributed by atoms with E-state index in [0.29, 0.717) is 61.9 Å². The van der Waals surface area contributed by atoms with Gasteiger partial charge in [-0.2, -0.15) is 4.98 Å². The van der Waals surface area contributed by atoms with Crippen molar-refractivity contribution >= 4 is 72.6 Å². The van der Waals surface area contributed by atoms with E-state index in [1.807, 2.05) is 41.3 Å². The summed E-state index contributed by atoms with van der Waals surface area (Å²) in [6.07, 6.45) is 4.76. The highest BCUT2D eigenvalue weighted by Gasteiger charge is 2.34. The Hall–Kier alpha value is -5.76. The average Bonchev–Trinajstić information content (AvgIpc) is 3.77. The number of ether oxygens (including phenoxy) is 3. The third-order valence-corrected chi connectivity index (χ3v) is 15.5. The minimum absolute atomic E-state index is 0.0997. The number of rotatable bonds is 13. The van der Waals surface area contributed by atoms with Gasteiger partial charge in [0.2, 0.25) is 5.88 Å². The smallest absolute Gasteiger partial charge is 0.293 e. The standard InChI is InChI=1S/C49H56ClN9O8S/c1-49(2)13-11-34(41(26-49)32-3-5-35(50)6-4-32)28-55-15-17-56(18-16-55)36-7-9-40(43(24-36)58-20-22-67-48-45(58)23-33-12-14-51-46(33)53-48)47(60)54-68(63,64)39-8-10-42(44(25-39)59(61)62)52-27-38-29-57(19-21-66-38)37-30-65-31-37/h3-10,12,14,23-25,37-38,52H,11,13,15-22,26-31H2,1-2H3,(H,51,53)(H,54,60)/t38-/m1/s1. The fraction of sp³-hybridized carbons (Fsp3) is 0.429. The average molecular weight is 967 g/mol. The Labute approximate surface area is 400 Å². The fourth-order valence-electron chi connectivity index (χ4n) is 9.96. The molecule has 3 N–H and O–H groups in total. The minimum Gasteiger partial charge on any atom is -0.474 e. The van der Waals surface area contributed by atoms with E-state index in [0.717, 1.165) is 80.7 Å². The maximum absolute atomic E-state index is 14.4. The van der Waals surface area contributed by atoms with Crippen molar-refractivity contribution in [3.63, 3.8) is 0 Å². The molecule has 5 aliphatic rings. The van der Waals surface area contributed by atoms with E-state index >= 15 is 0 Å². The summed E-state index contributed by atoms with van der Waals surface area (Å²) >= 11 is 6.27. The number of nitrogens with one attached hydrogen (secondary N) is 3. The molecule has 358 valence electrons. The van der Waals surface area contributed by atoms with Crippen molar-refractivity contribution in [1.29, 1.82) is 0 Å². The number of fused-ring (bicyclic) bond motifs is 2. The van der Waals surface area contributed by atoms with Crippen LogP contribution in [0.15, 0.2) is 89.5 Å². The van der Waals surface area contributed by atoms with Gasteiger partial charge in [0.1, 0.15) is 23.6 Å². The van der Waals surface area contributed by atoms with Gasteiger partial charge in [-0.1, -0.05) is 43.2 Å². The number of nitro benzene ring substituents is 1. The van der Waals surface area contributed by atoms with Gasteiger partial charge < -0.3 is 34.3 Å². The van der Waals surface area contributed by atoms with Crippen molar-refractivity contribution in [2.75, 3.05) is 100 Å². The number of sulfonamides is 1. The van der Waals surface area contributed by atoms with Crippen LogP contribution in [0.4, 0.5) is 28.4 Å². The van der Waals surface area contributed by atoms with Crippen LogP contribution in [-0.4, -0.2) is 136 Å². The minimum atomic E-state index is -4.60. The van der Waals surface area contributed by atoms with Crippen molar-refractivity contribution in [3.8, 4) is 5.88 Å². The quantitative estimate of drug-likeness (QED) is 0.0803. The van der Waals surface area contributed by atoms with Gasteiger partial charge in [0, 0.05) is 80.7 Å². The molecule has 1 aliphatic carbocycles. The number of piperazine rings is 1. The van der Waals surface area contributed by atoms with E-state index in [1.54, 1.807) is 12.3 Å². The maximum Gasteiger partial charge on any atom is 0.293 e. The Balaban J connectivity index is 0.889. The summed E-state index contributed by atoms with van der Waals surface area (Å²) in [6, 6.07) is 21.4. The molecule has 2 aromatic heterocycles. The summed E-state index contributed by atoms with van der Waals surface area (Å²) in [5, 5.41) is 17.0. The number of anilines is 4. The van der Waals surface area contributed by atoms with Gasteiger partial charge in [0.05, 0.1) is 59.6 Å². The molecule has 0 saturated carbocycles. The molecule has 17 nitrogen and oxygen atoms in total. The number of halogens is 1. The Morgan fingerprint density at radius 1 is 0.971 bits per heavy atom. The maximum atomic E-state index is 14.4. The zero-order valence-corrected chi connectivity index (χ0v) is 39.8. The molecule has 0 unspecified atom stereocenters. The number of H-pyrrole nitrogens is 1. The van der Waals surface area contributed by atoms with Gasteiger partial charge >= 0.3 is 0 Å². The first-order chi connectivity index (χ1) is 32.8. The van der Waals surface area contributed by atoms with Crippen molar-refractivity contribution < 1.29 is 32.3 Å². The van der Waals surface area contributed by atoms with Crippen LogP contribution >= 0.6 is 11.6 Å². The third-order valence-electron chi connectivity index (χ3n) is 13.9. The highest BCUT2D eigenvalue weighted by Crippen LogP contribution is 2.44. The molecule has 6 heterocycles. The molecule has 3 fully saturated rings. The lowest BCUT2D eigenvalue weighted by Crippen LogP contribution is -2.56. The zero-order chi connectivity index (χ0) is 47.2. The monoisotopic (exact) mass is 965 g/mol. The Bertz CT molecular complexity index is 2860. The van der Waals surface area contributed by atoms with Crippen molar-refractivity contribution in [2.24, 2.45) is 5.41 Å². The van der Waals surface area contributed by atoms with Crippen LogP contribution in [0.25, 0.3) is 16.6 Å². The molecule has 0 spiro atoms. The highest BCUT2D eigenvalue weighted by atomic mass is 35.5. The molecule has 4 aliphatic heterocycles. The molecule has 1 atom stereocenters. The number of morpholine rings is 1. The number of aromatic nitrogens is 2. The van der Waals surface area contributed by atoms with Gasteiger partial charge in [-0.25, -0.2) is 13.1 Å². The second kappa shape index (κ2) is 19.0. The molecule has 0 bridgehead atoms. The van der Waals surface area contributed by atoms with Gasteiger partial charge in [-0.3, -0.25) is 24.7 Å². The van der Waals surface area contributed by atoms with Crippen LogP contribution in [0.1, 0.15) is 49.0 Å². The highest BCUT2D eigenvalue weighted by molar-refractivity contribution is 7.90. The number of carbonyl (C=O) groups is 1. The summed E-state index contributed by atoms with van der Waals surface area (Å²) in [5.74, 6) is -0.509. The predicted molar refractivity (Wildman–Crippen MR) is 262 cm³/mol. The van der Waals surface area contributed by atoms with Gasteiger partial charge in [0.15, 0.2) is 0 Å². The number of aromatic amines is 1. The summed E-state index contributed by atoms with van der Waals surface area (Å²) in [5.41, 5.74) is 6.77. The SMILES string of the molecule is CC1(C)CCC(CN2CCN(c3ccc(C(=O)NS(=O)(=O)c4ccc(NC[C@@H]5CN(C6COC6)CCO5)c([N+](=O)[O-])c4)c(N4CCOc5nc6[nH]ccc6cc54)c3)CC2)=C(c2ccc(Cl)cc2)C1. The lowest BCUT2D eigenvalue weighted by molar-refractivity contribution is -0.384. The van der Waals surface area contributed by atoms with E-state index in [4.69, 9.17) is 30.8 Å². The Morgan fingerprint density at radius 3 is 2.54 bits per heavy atom. The van der Waals surface area contributed by atoms with Gasteiger partial charge in [0.25, 0.3) is 21.6 Å². The van der Waals surface area contributed by atoms with Crippen LogP contribution in [0.5, 0.6) is 5.88 Å². The number of allylic oxidation sites excluding steroid dienone is 1. The van der Waals surface area contributed by atoms with Crippen LogP contribution < -0.4 is 24.6 Å². The van der Waals surface area contributed by atoms with Crippen LogP contribution in [0.3, 0.4) is 0 Å². The molecule has 5 aromatic rings. The van der Waals surface area contributed by atoms with Gasteiger partial charge in [-0.15, -0.1) is 0 Å². The number of hydrogen-bond donors (Lipinski definition) is 3. The normalized spacial score (nSPS) is 20.4.